The standard InChI is InChI=1S/C30H41N3O6S2/c1-22-7-13-25(14-8-22)41(36,37)33-15-5-6-27(33)28(34)31-26(29(35)39-30(2,3)4)20-23-9-11-24(12-10-23)38-21-32-16-18-40-19-17-32/h7-14,26-27H,5-6,15-21H2,1-4H3,(H,31,34)/t26-,27-/m0/s1. The fraction of sp³-hybridized carbons (Fsp3) is 0.533. The van der Waals surface area contributed by atoms with Crippen molar-refractivity contribution in [3.63, 3.8) is 0 Å². The van der Waals surface area contributed by atoms with Crippen molar-refractivity contribution in [2.45, 2.75) is 69.5 Å². The Morgan fingerprint density at radius 1 is 1.02 bits per heavy atom. The van der Waals surface area contributed by atoms with Crippen LogP contribution in [0.1, 0.15) is 44.7 Å². The van der Waals surface area contributed by atoms with E-state index in [4.69, 9.17) is 9.47 Å². The molecule has 224 valence electrons. The van der Waals surface area contributed by atoms with Crippen LogP contribution >= 0.6 is 11.8 Å². The SMILES string of the molecule is Cc1ccc(S(=O)(=O)N2CCC[C@H]2C(=O)N[C@@H](Cc2ccc(OCN3CCSCC3)cc2)C(=O)OC(C)(C)C)cc1. The molecule has 0 aliphatic carbocycles. The van der Waals surface area contributed by atoms with Crippen molar-refractivity contribution in [3.8, 4) is 5.75 Å². The molecule has 0 spiro atoms. The molecule has 0 unspecified atom stereocenters. The number of nitrogens with one attached hydrogen (secondary N) is 1. The molecule has 2 saturated heterocycles. The van der Waals surface area contributed by atoms with Crippen molar-refractivity contribution < 1.29 is 27.5 Å². The molecule has 0 radical (unpaired) electrons. The summed E-state index contributed by atoms with van der Waals surface area (Å²) in [7, 11) is -3.87. The zero-order valence-corrected chi connectivity index (χ0v) is 25.9. The number of carbonyl (C=O) groups is 2. The number of amides is 1. The lowest BCUT2D eigenvalue weighted by atomic mass is 10.0. The van der Waals surface area contributed by atoms with Gasteiger partial charge in [0.25, 0.3) is 0 Å². The van der Waals surface area contributed by atoms with E-state index in [9.17, 15) is 18.0 Å². The van der Waals surface area contributed by atoms with Crippen LogP contribution in [0.25, 0.3) is 0 Å². The van der Waals surface area contributed by atoms with Gasteiger partial charge >= 0.3 is 5.97 Å². The van der Waals surface area contributed by atoms with Crippen LogP contribution in [0.2, 0.25) is 0 Å². The molecular formula is C30H41N3O6S2. The van der Waals surface area contributed by atoms with Crippen LogP contribution in [-0.2, 0) is 30.8 Å². The third-order valence-electron chi connectivity index (χ3n) is 7.02. The first kappa shape index (κ1) is 31.3. The first-order valence-electron chi connectivity index (χ1n) is 14.1. The topological polar surface area (TPSA) is 105 Å². The molecule has 2 aromatic rings. The van der Waals surface area contributed by atoms with E-state index in [0.717, 1.165) is 41.5 Å². The Morgan fingerprint density at radius 2 is 1.68 bits per heavy atom. The number of aryl methyl sites for hydroxylation is 1. The minimum Gasteiger partial charge on any atom is -0.478 e. The van der Waals surface area contributed by atoms with Gasteiger partial charge in [-0.1, -0.05) is 29.8 Å². The summed E-state index contributed by atoms with van der Waals surface area (Å²) in [4.78, 5) is 29.1. The highest BCUT2D eigenvalue weighted by Crippen LogP contribution is 2.27. The van der Waals surface area contributed by atoms with Crippen LogP contribution in [-0.4, -0.2) is 85.1 Å². The molecule has 2 atom stereocenters. The summed E-state index contributed by atoms with van der Waals surface area (Å²) < 4.78 is 39.6. The number of sulfonamides is 1. The quantitative estimate of drug-likeness (QED) is 0.411. The lowest BCUT2D eigenvalue weighted by Gasteiger charge is -2.28. The van der Waals surface area contributed by atoms with Gasteiger partial charge in [0.2, 0.25) is 15.9 Å². The molecule has 11 heteroatoms. The van der Waals surface area contributed by atoms with Gasteiger partial charge in [-0.15, -0.1) is 0 Å². The smallest absolute Gasteiger partial charge is 0.329 e. The summed E-state index contributed by atoms with van der Waals surface area (Å²) in [6, 6.07) is 12.1. The van der Waals surface area contributed by atoms with Crippen molar-refractivity contribution in [1.82, 2.24) is 14.5 Å². The first-order chi connectivity index (χ1) is 19.4. The summed E-state index contributed by atoms with van der Waals surface area (Å²) in [6.45, 7) is 9.96. The average Bonchev–Trinajstić information content (AvgIpc) is 3.44. The van der Waals surface area contributed by atoms with Crippen LogP contribution < -0.4 is 10.1 Å². The number of benzene rings is 2. The minimum atomic E-state index is -3.87. The Bertz CT molecular complexity index is 1290. The normalized spacial score (nSPS) is 19.5. The van der Waals surface area contributed by atoms with E-state index in [0.29, 0.717) is 19.6 Å². The van der Waals surface area contributed by atoms with Gasteiger partial charge in [-0.2, -0.15) is 16.1 Å². The van der Waals surface area contributed by atoms with E-state index in [1.807, 2.05) is 43.0 Å². The highest BCUT2D eigenvalue weighted by Gasteiger charge is 2.41. The van der Waals surface area contributed by atoms with Gasteiger partial charge in [0.05, 0.1) is 4.90 Å². The van der Waals surface area contributed by atoms with Crippen molar-refractivity contribution in [3.05, 3.63) is 59.7 Å². The lowest BCUT2D eigenvalue weighted by molar-refractivity contribution is -0.158. The highest BCUT2D eigenvalue weighted by molar-refractivity contribution is 7.99. The molecule has 0 aromatic heterocycles. The third kappa shape index (κ3) is 8.70. The number of rotatable bonds is 10. The molecule has 0 saturated carbocycles. The van der Waals surface area contributed by atoms with Gasteiger partial charge in [0, 0.05) is 37.6 Å². The fourth-order valence-electron chi connectivity index (χ4n) is 4.82. The van der Waals surface area contributed by atoms with Gasteiger partial charge < -0.3 is 14.8 Å². The van der Waals surface area contributed by atoms with Gasteiger partial charge in [0.15, 0.2) is 0 Å². The number of hydrogen-bond donors (Lipinski definition) is 1. The van der Waals surface area contributed by atoms with Gasteiger partial charge in [0.1, 0.15) is 30.2 Å². The van der Waals surface area contributed by atoms with Crippen molar-refractivity contribution >= 4 is 33.7 Å². The van der Waals surface area contributed by atoms with Gasteiger partial charge in [-0.25, -0.2) is 13.2 Å². The predicted octanol–water partition coefficient (Wildman–Crippen LogP) is 3.60. The van der Waals surface area contributed by atoms with E-state index < -0.39 is 39.6 Å². The van der Waals surface area contributed by atoms with Gasteiger partial charge in [-0.3, -0.25) is 9.69 Å². The van der Waals surface area contributed by atoms with E-state index in [1.165, 1.54) is 4.31 Å². The van der Waals surface area contributed by atoms with Crippen LogP contribution in [0.4, 0.5) is 0 Å². The summed E-state index contributed by atoms with van der Waals surface area (Å²) in [5.74, 6) is 1.87. The van der Waals surface area contributed by atoms with E-state index >= 15 is 0 Å². The number of ether oxygens (including phenoxy) is 2. The summed E-state index contributed by atoms with van der Waals surface area (Å²) in [5, 5.41) is 2.82. The van der Waals surface area contributed by atoms with E-state index in [1.54, 1.807) is 45.0 Å². The minimum absolute atomic E-state index is 0.146. The second-order valence-electron chi connectivity index (χ2n) is 11.5. The highest BCUT2D eigenvalue weighted by atomic mass is 32.2. The van der Waals surface area contributed by atoms with Crippen molar-refractivity contribution in [2.75, 3.05) is 37.9 Å². The Balaban J connectivity index is 1.45. The molecule has 1 amide bonds. The number of hydrogen-bond acceptors (Lipinski definition) is 8. The molecule has 2 aliphatic heterocycles. The third-order valence-corrected chi connectivity index (χ3v) is 9.89. The van der Waals surface area contributed by atoms with Gasteiger partial charge in [-0.05, 0) is 70.4 Å². The molecule has 1 N–H and O–H groups in total. The molecule has 2 aromatic carbocycles. The largest absolute Gasteiger partial charge is 0.478 e. The lowest BCUT2D eigenvalue weighted by Crippen LogP contribution is -2.52. The van der Waals surface area contributed by atoms with Crippen LogP contribution in [0.3, 0.4) is 0 Å². The summed E-state index contributed by atoms with van der Waals surface area (Å²) >= 11 is 1.95. The van der Waals surface area contributed by atoms with Crippen molar-refractivity contribution in [2.24, 2.45) is 0 Å². The maximum absolute atomic E-state index is 13.5. The summed E-state index contributed by atoms with van der Waals surface area (Å²) in [6.07, 6.45) is 1.12. The Kier molecular flexibility index (Phi) is 10.4. The second-order valence-corrected chi connectivity index (χ2v) is 14.6. The molecular weight excluding hydrogens is 562 g/mol. The van der Waals surface area contributed by atoms with E-state index in [-0.39, 0.29) is 17.9 Å². The zero-order valence-electron chi connectivity index (χ0n) is 24.3. The molecule has 2 aliphatic rings. The molecule has 0 bridgehead atoms. The monoisotopic (exact) mass is 603 g/mol. The van der Waals surface area contributed by atoms with Crippen molar-refractivity contribution in [1.29, 1.82) is 0 Å². The molecule has 41 heavy (non-hydrogen) atoms. The molecule has 9 nitrogen and oxygen atoms in total. The maximum atomic E-state index is 13.5. The molecule has 2 fully saturated rings. The van der Waals surface area contributed by atoms with Crippen LogP contribution in [0.15, 0.2) is 53.4 Å². The molecule has 2 heterocycles. The Morgan fingerprint density at radius 3 is 2.32 bits per heavy atom. The first-order valence-corrected chi connectivity index (χ1v) is 16.7. The van der Waals surface area contributed by atoms with E-state index in [2.05, 4.69) is 10.2 Å². The number of esters is 1. The molecule has 4 rings (SSSR count). The number of nitrogens with zero attached hydrogens (tertiary/aromatic N) is 2. The number of thioether (sulfide) groups is 1. The Labute approximate surface area is 248 Å². The number of carbonyl (C=O) groups excluding carboxylic acids is 2. The van der Waals surface area contributed by atoms with Crippen LogP contribution in [0.5, 0.6) is 5.75 Å². The average molecular weight is 604 g/mol. The predicted molar refractivity (Wildman–Crippen MR) is 160 cm³/mol. The Hall–Kier alpha value is -2.60. The fourth-order valence-corrected chi connectivity index (χ4v) is 7.46. The summed E-state index contributed by atoms with van der Waals surface area (Å²) in [5.41, 5.74) is 1.01. The van der Waals surface area contributed by atoms with Crippen LogP contribution in [0, 0.1) is 6.92 Å². The maximum Gasteiger partial charge on any atom is 0.329 e. The zero-order chi connectivity index (χ0) is 29.6. The second kappa shape index (κ2) is 13.6.